The molecule has 0 saturated carbocycles. The van der Waals surface area contributed by atoms with Crippen molar-refractivity contribution in [1.29, 1.82) is 0 Å². The average molecular weight is 358 g/mol. The normalized spacial score (nSPS) is 11.7. The van der Waals surface area contributed by atoms with Crippen molar-refractivity contribution in [2.45, 2.75) is 31.6 Å². The third-order valence-corrected chi connectivity index (χ3v) is 4.87. The van der Waals surface area contributed by atoms with Crippen molar-refractivity contribution in [3.8, 4) is 0 Å². The van der Waals surface area contributed by atoms with Crippen molar-refractivity contribution in [2.75, 3.05) is 32.1 Å². The Bertz CT molecular complexity index is 644. The van der Waals surface area contributed by atoms with E-state index in [1.54, 1.807) is 7.11 Å². The van der Waals surface area contributed by atoms with Crippen LogP contribution in [-0.4, -0.2) is 46.3 Å². The van der Waals surface area contributed by atoms with Gasteiger partial charge in [-0.3, -0.25) is 0 Å². The molecular weight excluding hydrogens is 332 g/mol. The molecule has 0 atom stereocenters. The summed E-state index contributed by atoms with van der Waals surface area (Å²) in [5.41, 5.74) is 0.315. The highest BCUT2D eigenvalue weighted by atomic mass is 32.2. The molecule has 3 N–H and O–H groups in total. The van der Waals surface area contributed by atoms with Crippen LogP contribution in [0, 0.1) is 5.92 Å². The van der Waals surface area contributed by atoms with Crippen LogP contribution in [0.25, 0.3) is 0 Å². The molecule has 1 rings (SSSR count). The standard InChI is InChI=1S/C16H26N2O5S/c1-12(2)7-9-18-24(21,22)15-11-13(16(19)20)5-6-14(15)17-8-4-10-23-3/h5-6,11-12,17-18H,4,7-10H2,1-3H3,(H,19,20). The van der Waals surface area contributed by atoms with Crippen LogP contribution in [-0.2, 0) is 14.8 Å². The highest BCUT2D eigenvalue weighted by Crippen LogP contribution is 2.23. The van der Waals surface area contributed by atoms with E-state index < -0.39 is 16.0 Å². The van der Waals surface area contributed by atoms with Crippen LogP contribution in [0.15, 0.2) is 23.1 Å². The third kappa shape index (κ3) is 6.46. The Balaban J connectivity index is 3.01. The number of hydrogen-bond acceptors (Lipinski definition) is 5. The second-order valence-electron chi connectivity index (χ2n) is 5.87. The molecule has 0 aliphatic heterocycles. The van der Waals surface area contributed by atoms with Crippen LogP contribution in [0.2, 0.25) is 0 Å². The Morgan fingerprint density at radius 3 is 2.58 bits per heavy atom. The molecule has 1 aromatic rings. The molecule has 0 unspecified atom stereocenters. The number of benzene rings is 1. The predicted molar refractivity (Wildman–Crippen MR) is 93.0 cm³/mol. The third-order valence-electron chi connectivity index (χ3n) is 3.37. The summed E-state index contributed by atoms with van der Waals surface area (Å²) in [5.74, 6) is -0.802. The number of methoxy groups -OCH3 is 1. The highest BCUT2D eigenvalue weighted by molar-refractivity contribution is 7.89. The maximum absolute atomic E-state index is 12.5. The van der Waals surface area contributed by atoms with Gasteiger partial charge in [0, 0.05) is 26.8 Å². The fraction of sp³-hybridized carbons (Fsp3) is 0.562. The number of aromatic carboxylic acids is 1. The first kappa shape index (κ1) is 20.4. The summed E-state index contributed by atoms with van der Waals surface area (Å²) in [6.45, 7) is 5.38. The number of carbonyl (C=O) groups is 1. The monoisotopic (exact) mass is 358 g/mol. The Morgan fingerprint density at radius 2 is 2.00 bits per heavy atom. The molecule has 24 heavy (non-hydrogen) atoms. The number of hydrogen-bond donors (Lipinski definition) is 3. The van der Waals surface area contributed by atoms with Crippen LogP contribution in [0.5, 0.6) is 0 Å². The molecule has 0 aromatic heterocycles. The number of ether oxygens (including phenoxy) is 1. The summed E-state index contributed by atoms with van der Waals surface area (Å²) in [7, 11) is -2.20. The van der Waals surface area contributed by atoms with Gasteiger partial charge in [-0.2, -0.15) is 0 Å². The zero-order valence-electron chi connectivity index (χ0n) is 14.3. The lowest BCUT2D eigenvalue weighted by Crippen LogP contribution is -2.27. The average Bonchev–Trinajstić information content (AvgIpc) is 2.50. The van der Waals surface area contributed by atoms with Gasteiger partial charge in [0.05, 0.1) is 11.3 Å². The minimum absolute atomic E-state index is 0.0522. The molecule has 7 nitrogen and oxygen atoms in total. The van der Waals surface area contributed by atoms with Gasteiger partial charge in [-0.05, 0) is 37.0 Å². The summed E-state index contributed by atoms with van der Waals surface area (Å²) in [6.07, 6.45) is 1.41. The first-order chi connectivity index (χ1) is 11.3. The lowest BCUT2D eigenvalue weighted by atomic mass is 10.1. The predicted octanol–water partition coefficient (Wildman–Crippen LogP) is 2.16. The fourth-order valence-corrected chi connectivity index (χ4v) is 3.28. The smallest absolute Gasteiger partial charge is 0.335 e. The second kappa shape index (κ2) is 9.61. The van der Waals surface area contributed by atoms with E-state index in [4.69, 9.17) is 9.84 Å². The maximum Gasteiger partial charge on any atom is 0.335 e. The van der Waals surface area contributed by atoms with Gasteiger partial charge in [-0.25, -0.2) is 17.9 Å². The van der Waals surface area contributed by atoms with Crippen molar-refractivity contribution in [2.24, 2.45) is 5.92 Å². The van der Waals surface area contributed by atoms with Gasteiger partial charge in [0.25, 0.3) is 0 Å². The first-order valence-electron chi connectivity index (χ1n) is 7.87. The van der Waals surface area contributed by atoms with E-state index in [0.29, 0.717) is 44.1 Å². The summed E-state index contributed by atoms with van der Waals surface area (Å²) >= 11 is 0. The number of rotatable bonds is 11. The highest BCUT2D eigenvalue weighted by Gasteiger charge is 2.20. The van der Waals surface area contributed by atoms with Gasteiger partial charge >= 0.3 is 5.97 Å². The molecule has 0 radical (unpaired) electrons. The van der Waals surface area contributed by atoms with Crippen molar-refractivity contribution < 1.29 is 23.1 Å². The second-order valence-corrected chi connectivity index (χ2v) is 7.60. The van der Waals surface area contributed by atoms with Crippen molar-refractivity contribution in [3.05, 3.63) is 23.8 Å². The zero-order valence-corrected chi connectivity index (χ0v) is 15.1. The summed E-state index contributed by atoms with van der Waals surface area (Å²) in [6, 6.07) is 4.04. The molecule has 0 amide bonds. The van der Waals surface area contributed by atoms with E-state index in [1.807, 2.05) is 13.8 Å². The van der Waals surface area contributed by atoms with E-state index in [9.17, 15) is 13.2 Å². The molecule has 0 fully saturated rings. The summed E-state index contributed by atoms with van der Waals surface area (Å²) in [4.78, 5) is 11.1. The van der Waals surface area contributed by atoms with Gasteiger partial charge < -0.3 is 15.2 Å². The van der Waals surface area contributed by atoms with E-state index in [1.165, 1.54) is 18.2 Å². The fourth-order valence-electron chi connectivity index (χ4n) is 2.02. The molecule has 136 valence electrons. The van der Waals surface area contributed by atoms with Crippen molar-refractivity contribution in [1.82, 2.24) is 4.72 Å². The van der Waals surface area contributed by atoms with Crippen LogP contribution < -0.4 is 10.0 Å². The Hall–Kier alpha value is -1.64. The van der Waals surface area contributed by atoms with Gasteiger partial charge in [0.2, 0.25) is 10.0 Å². The minimum atomic E-state index is -3.79. The summed E-state index contributed by atoms with van der Waals surface area (Å²) < 4.78 is 32.5. The van der Waals surface area contributed by atoms with E-state index in [2.05, 4.69) is 10.0 Å². The largest absolute Gasteiger partial charge is 0.478 e. The molecule has 0 aliphatic rings. The molecular formula is C16H26N2O5S. The number of sulfonamides is 1. The zero-order chi connectivity index (χ0) is 18.2. The lowest BCUT2D eigenvalue weighted by molar-refractivity contribution is 0.0696. The SMILES string of the molecule is COCCCNc1ccc(C(=O)O)cc1S(=O)(=O)NCCC(C)C. The lowest BCUT2D eigenvalue weighted by Gasteiger charge is -2.14. The molecule has 0 bridgehead atoms. The Kier molecular flexibility index (Phi) is 8.17. The number of anilines is 1. The molecule has 1 aromatic carbocycles. The van der Waals surface area contributed by atoms with Gasteiger partial charge in [0.1, 0.15) is 4.90 Å². The molecule has 0 heterocycles. The Labute approximate surface area is 143 Å². The van der Waals surface area contributed by atoms with Gasteiger partial charge in [-0.15, -0.1) is 0 Å². The molecule has 0 aliphatic carbocycles. The van der Waals surface area contributed by atoms with Gasteiger partial charge in [-0.1, -0.05) is 13.8 Å². The summed E-state index contributed by atoms with van der Waals surface area (Å²) in [5, 5.41) is 12.1. The topological polar surface area (TPSA) is 105 Å². The van der Waals surface area contributed by atoms with Crippen LogP contribution >= 0.6 is 0 Å². The van der Waals surface area contributed by atoms with Crippen LogP contribution in [0.1, 0.15) is 37.0 Å². The van der Waals surface area contributed by atoms with E-state index in [-0.39, 0.29) is 10.5 Å². The quantitative estimate of drug-likeness (QED) is 0.524. The number of nitrogens with one attached hydrogen (secondary N) is 2. The van der Waals surface area contributed by atoms with E-state index in [0.717, 1.165) is 0 Å². The van der Waals surface area contributed by atoms with Crippen molar-refractivity contribution >= 4 is 21.7 Å². The number of carboxylic acids is 1. The Morgan fingerprint density at radius 1 is 1.29 bits per heavy atom. The number of carboxylic acid groups (broad SMARTS) is 1. The molecule has 0 saturated heterocycles. The van der Waals surface area contributed by atoms with Gasteiger partial charge in [0.15, 0.2) is 0 Å². The maximum atomic E-state index is 12.5. The van der Waals surface area contributed by atoms with Crippen LogP contribution in [0.3, 0.4) is 0 Å². The molecule has 8 heteroatoms. The van der Waals surface area contributed by atoms with E-state index >= 15 is 0 Å². The van der Waals surface area contributed by atoms with Crippen molar-refractivity contribution in [3.63, 3.8) is 0 Å². The van der Waals surface area contributed by atoms with Crippen LogP contribution in [0.4, 0.5) is 5.69 Å². The first-order valence-corrected chi connectivity index (χ1v) is 9.36. The minimum Gasteiger partial charge on any atom is -0.478 e. The molecule has 0 spiro atoms.